The van der Waals surface area contributed by atoms with Crippen molar-refractivity contribution in [3.8, 4) is 0 Å². The number of anilines is 1. The third-order valence-corrected chi connectivity index (χ3v) is 3.96. The van der Waals surface area contributed by atoms with Crippen molar-refractivity contribution in [3.63, 3.8) is 0 Å². The predicted octanol–water partition coefficient (Wildman–Crippen LogP) is 5.26. The molecule has 0 radical (unpaired) electrons. The molecule has 0 aliphatic rings. The molecule has 2 aromatic carbocycles. The van der Waals surface area contributed by atoms with Crippen LogP contribution >= 0.6 is 11.6 Å². The standard InChI is InChI=1S/C19H21ClN2O/c1-3-14-9-7-10-15(4-2)18(14)22-19(23)21-13-12-16-8-5-6-11-17(16)20/h5-13H,3-4H2,1-2H3,(H2,21,22,23)/b13-12+. The molecule has 2 aromatic rings. The molecule has 0 spiro atoms. The normalized spacial score (nSPS) is 10.7. The van der Waals surface area contributed by atoms with E-state index in [1.807, 2.05) is 42.5 Å². The lowest BCUT2D eigenvalue weighted by Gasteiger charge is -2.14. The molecule has 0 aliphatic heterocycles. The van der Waals surface area contributed by atoms with Crippen molar-refractivity contribution >= 4 is 29.4 Å². The number of carbonyl (C=O) groups is 1. The van der Waals surface area contributed by atoms with Crippen molar-refractivity contribution in [3.05, 3.63) is 70.4 Å². The minimum Gasteiger partial charge on any atom is -0.314 e. The van der Waals surface area contributed by atoms with Crippen LogP contribution in [-0.2, 0) is 12.8 Å². The van der Waals surface area contributed by atoms with Gasteiger partial charge in [-0.1, -0.05) is 61.8 Å². The average Bonchev–Trinajstić information content (AvgIpc) is 2.56. The first kappa shape index (κ1) is 17.1. The Labute approximate surface area is 142 Å². The van der Waals surface area contributed by atoms with Crippen molar-refractivity contribution in [1.82, 2.24) is 5.32 Å². The van der Waals surface area contributed by atoms with E-state index in [0.717, 1.165) is 35.2 Å². The molecule has 120 valence electrons. The number of para-hydroxylation sites is 1. The molecule has 0 aromatic heterocycles. The zero-order chi connectivity index (χ0) is 16.7. The lowest BCUT2D eigenvalue weighted by Crippen LogP contribution is -2.25. The topological polar surface area (TPSA) is 41.1 Å². The van der Waals surface area contributed by atoms with E-state index >= 15 is 0 Å². The second kappa shape index (κ2) is 8.39. The van der Waals surface area contributed by atoms with Gasteiger partial charge in [0, 0.05) is 16.9 Å². The monoisotopic (exact) mass is 328 g/mol. The van der Waals surface area contributed by atoms with Gasteiger partial charge in [-0.3, -0.25) is 0 Å². The molecule has 2 N–H and O–H groups in total. The van der Waals surface area contributed by atoms with E-state index in [2.05, 4.69) is 24.5 Å². The average molecular weight is 329 g/mol. The minimum atomic E-state index is -0.260. The van der Waals surface area contributed by atoms with Crippen molar-refractivity contribution in [2.75, 3.05) is 5.32 Å². The number of benzene rings is 2. The first-order valence-electron chi connectivity index (χ1n) is 7.75. The highest BCUT2D eigenvalue weighted by Gasteiger charge is 2.08. The van der Waals surface area contributed by atoms with Gasteiger partial charge in [0.1, 0.15) is 0 Å². The molecule has 0 fully saturated rings. The van der Waals surface area contributed by atoms with Crippen molar-refractivity contribution < 1.29 is 4.79 Å². The molecule has 0 atom stereocenters. The maximum absolute atomic E-state index is 12.1. The van der Waals surface area contributed by atoms with E-state index in [1.165, 1.54) is 0 Å². The van der Waals surface area contributed by atoms with E-state index in [4.69, 9.17) is 11.6 Å². The summed E-state index contributed by atoms with van der Waals surface area (Å²) in [5.41, 5.74) is 4.03. The second-order valence-corrected chi connectivity index (χ2v) is 5.52. The number of urea groups is 1. The molecule has 0 saturated heterocycles. The van der Waals surface area contributed by atoms with E-state index in [9.17, 15) is 4.79 Å². The molecule has 23 heavy (non-hydrogen) atoms. The van der Waals surface area contributed by atoms with Crippen molar-refractivity contribution in [2.45, 2.75) is 26.7 Å². The van der Waals surface area contributed by atoms with E-state index in [0.29, 0.717) is 5.02 Å². The highest BCUT2D eigenvalue weighted by atomic mass is 35.5. The summed E-state index contributed by atoms with van der Waals surface area (Å²) in [5.74, 6) is 0. The minimum absolute atomic E-state index is 0.260. The number of rotatable bonds is 5. The van der Waals surface area contributed by atoms with Crippen LogP contribution in [0.15, 0.2) is 48.7 Å². The van der Waals surface area contributed by atoms with Gasteiger partial charge in [0.25, 0.3) is 0 Å². The van der Waals surface area contributed by atoms with Gasteiger partial charge in [0.2, 0.25) is 0 Å². The number of hydrogen-bond acceptors (Lipinski definition) is 1. The molecule has 0 aliphatic carbocycles. The fraction of sp³-hybridized carbons (Fsp3) is 0.211. The van der Waals surface area contributed by atoms with Gasteiger partial charge >= 0.3 is 6.03 Å². The number of halogens is 1. The third-order valence-electron chi connectivity index (χ3n) is 3.62. The van der Waals surface area contributed by atoms with Gasteiger partial charge in [-0.25, -0.2) is 4.79 Å². The molecular weight excluding hydrogens is 308 g/mol. The van der Waals surface area contributed by atoms with Gasteiger partial charge in [0.05, 0.1) is 0 Å². The van der Waals surface area contributed by atoms with Crippen LogP contribution in [0.3, 0.4) is 0 Å². The van der Waals surface area contributed by atoms with E-state index < -0.39 is 0 Å². The Morgan fingerprint density at radius 1 is 1.04 bits per heavy atom. The van der Waals surface area contributed by atoms with Crippen molar-refractivity contribution in [1.29, 1.82) is 0 Å². The van der Waals surface area contributed by atoms with Gasteiger partial charge < -0.3 is 10.6 Å². The van der Waals surface area contributed by atoms with Crippen LogP contribution < -0.4 is 10.6 Å². The highest BCUT2D eigenvalue weighted by Crippen LogP contribution is 2.22. The summed E-state index contributed by atoms with van der Waals surface area (Å²) < 4.78 is 0. The SMILES string of the molecule is CCc1cccc(CC)c1NC(=O)N/C=C/c1ccccc1Cl. The summed E-state index contributed by atoms with van der Waals surface area (Å²) in [7, 11) is 0. The smallest absolute Gasteiger partial charge is 0.314 e. The number of amides is 2. The quantitative estimate of drug-likeness (QED) is 0.772. The van der Waals surface area contributed by atoms with Crippen LogP contribution in [0.4, 0.5) is 10.5 Å². The first-order chi connectivity index (χ1) is 11.2. The number of hydrogen-bond donors (Lipinski definition) is 2. The van der Waals surface area contributed by atoms with Crippen LogP contribution in [0.5, 0.6) is 0 Å². The predicted molar refractivity (Wildman–Crippen MR) is 97.8 cm³/mol. The lowest BCUT2D eigenvalue weighted by atomic mass is 10.0. The van der Waals surface area contributed by atoms with E-state index in [-0.39, 0.29) is 6.03 Å². The fourth-order valence-corrected chi connectivity index (χ4v) is 2.57. The number of nitrogens with one attached hydrogen (secondary N) is 2. The van der Waals surface area contributed by atoms with Crippen LogP contribution in [0, 0.1) is 0 Å². The summed E-state index contributed by atoms with van der Waals surface area (Å²) in [6, 6.07) is 13.3. The highest BCUT2D eigenvalue weighted by molar-refractivity contribution is 6.32. The summed E-state index contributed by atoms with van der Waals surface area (Å²) in [6.45, 7) is 4.16. The maximum Gasteiger partial charge on any atom is 0.323 e. The summed E-state index contributed by atoms with van der Waals surface area (Å²) >= 11 is 6.07. The molecule has 0 saturated carbocycles. The molecule has 0 bridgehead atoms. The molecule has 2 amide bonds. The Hall–Kier alpha value is -2.26. The van der Waals surface area contributed by atoms with Crippen LogP contribution in [-0.4, -0.2) is 6.03 Å². The second-order valence-electron chi connectivity index (χ2n) is 5.11. The molecule has 4 heteroatoms. The summed E-state index contributed by atoms with van der Waals surface area (Å²) in [6.07, 6.45) is 5.11. The van der Waals surface area contributed by atoms with Gasteiger partial charge in [-0.2, -0.15) is 0 Å². The summed E-state index contributed by atoms with van der Waals surface area (Å²) in [5, 5.41) is 6.32. The first-order valence-corrected chi connectivity index (χ1v) is 8.12. The van der Waals surface area contributed by atoms with Crippen molar-refractivity contribution in [2.24, 2.45) is 0 Å². The van der Waals surface area contributed by atoms with Crippen LogP contribution in [0.2, 0.25) is 5.02 Å². The van der Waals surface area contributed by atoms with Crippen LogP contribution in [0.1, 0.15) is 30.5 Å². The maximum atomic E-state index is 12.1. The Kier molecular flexibility index (Phi) is 6.24. The van der Waals surface area contributed by atoms with E-state index in [1.54, 1.807) is 12.3 Å². The number of aryl methyl sites for hydroxylation is 2. The van der Waals surface area contributed by atoms with Gasteiger partial charge in [-0.15, -0.1) is 0 Å². The summed E-state index contributed by atoms with van der Waals surface area (Å²) in [4.78, 5) is 12.1. The van der Waals surface area contributed by atoms with Gasteiger partial charge in [-0.05, 0) is 41.7 Å². The Morgan fingerprint density at radius 3 is 2.30 bits per heavy atom. The fourth-order valence-electron chi connectivity index (χ4n) is 2.37. The lowest BCUT2D eigenvalue weighted by molar-refractivity contribution is 0.255. The Bertz CT molecular complexity index is 688. The zero-order valence-electron chi connectivity index (χ0n) is 13.4. The third kappa shape index (κ3) is 4.60. The largest absolute Gasteiger partial charge is 0.323 e. The van der Waals surface area contributed by atoms with Gasteiger partial charge in [0.15, 0.2) is 0 Å². The molecular formula is C19H21ClN2O. The van der Waals surface area contributed by atoms with Crippen LogP contribution in [0.25, 0.3) is 6.08 Å². The zero-order valence-corrected chi connectivity index (χ0v) is 14.2. The Balaban J connectivity index is 2.04. The number of carbonyl (C=O) groups excluding carboxylic acids is 1. The molecule has 0 heterocycles. The molecule has 0 unspecified atom stereocenters. The molecule has 3 nitrogen and oxygen atoms in total. The molecule has 2 rings (SSSR count). The Morgan fingerprint density at radius 2 is 1.70 bits per heavy atom.